The first-order valence-electron chi connectivity index (χ1n) is 9.29. The number of halogens is 1. The third-order valence-electron chi connectivity index (χ3n) is 5.14. The molecule has 1 aliphatic carbocycles. The minimum atomic E-state index is -0.768. The molecule has 0 spiro atoms. The summed E-state index contributed by atoms with van der Waals surface area (Å²) in [5, 5.41) is 11.5. The van der Waals surface area contributed by atoms with Crippen LogP contribution in [0, 0.1) is 0 Å². The molecule has 3 aromatic heterocycles. The topological polar surface area (TPSA) is 108 Å². The summed E-state index contributed by atoms with van der Waals surface area (Å²) in [5.74, 6) is 1.35. The summed E-state index contributed by atoms with van der Waals surface area (Å²) >= 11 is 0. The van der Waals surface area contributed by atoms with Crippen LogP contribution in [0.1, 0.15) is 29.2 Å². The average Bonchev–Trinajstić information content (AvgIpc) is 3.09. The Hall–Kier alpha value is -3.42. The number of aryl methyl sites for hydroxylation is 2. The lowest BCUT2D eigenvalue weighted by Gasteiger charge is -2.10. The fraction of sp³-hybridized carbons (Fsp3) is 0.250. The van der Waals surface area contributed by atoms with E-state index in [1.807, 2.05) is 12.3 Å². The number of nitrogens with one attached hydrogen (secondary N) is 3. The van der Waals surface area contributed by atoms with E-state index in [1.54, 1.807) is 6.20 Å². The molecular formula is C20H20FN7. The zero-order valence-electron chi connectivity index (χ0n) is 15.1. The van der Waals surface area contributed by atoms with Gasteiger partial charge in [0.1, 0.15) is 12.0 Å². The SMILES string of the molecule is Nc1ncc(CCc2ccc3[nH]ccc3c2)c(Nc2cc([C@@H]3C[C@@H]3F)[nH]n2)n1. The van der Waals surface area contributed by atoms with Crippen molar-refractivity contribution in [1.82, 2.24) is 25.1 Å². The van der Waals surface area contributed by atoms with Gasteiger partial charge in [-0.1, -0.05) is 6.07 Å². The van der Waals surface area contributed by atoms with Crippen molar-refractivity contribution >= 4 is 28.5 Å². The second-order valence-corrected chi connectivity index (χ2v) is 7.19. The molecule has 0 aliphatic heterocycles. The summed E-state index contributed by atoms with van der Waals surface area (Å²) < 4.78 is 13.2. The van der Waals surface area contributed by atoms with E-state index in [2.05, 4.69) is 54.7 Å². The molecule has 142 valence electrons. The quantitative estimate of drug-likeness (QED) is 0.410. The Morgan fingerprint density at radius 1 is 1.21 bits per heavy atom. The van der Waals surface area contributed by atoms with Gasteiger partial charge >= 0.3 is 0 Å². The zero-order valence-corrected chi connectivity index (χ0v) is 15.1. The molecule has 1 aliphatic rings. The minimum absolute atomic E-state index is 0.0682. The molecule has 1 saturated carbocycles. The van der Waals surface area contributed by atoms with Crippen molar-refractivity contribution < 1.29 is 4.39 Å². The Kier molecular flexibility index (Phi) is 3.96. The summed E-state index contributed by atoms with van der Waals surface area (Å²) in [4.78, 5) is 11.7. The number of hydrogen-bond donors (Lipinski definition) is 4. The Morgan fingerprint density at radius 2 is 2.11 bits per heavy atom. The second-order valence-electron chi connectivity index (χ2n) is 7.19. The molecule has 5 N–H and O–H groups in total. The monoisotopic (exact) mass is 377 g/mol. The predicted octanol–water partition coefficient (Wildman–Crippen LogP) is 3.62. The highest BCUT2D eigenvalue weighted by molar-refractivity contribution is 5.79. The van der Waals surface area contributed by atoms with E-state index in [0.717, 1.165) is 29.6 Å². The van der Waals surface area contributed by atoms with Gasteiger partial charge < -0.3 is 16.0 Å². The first-order valence-corrected chi connectivity index (χ1v) is 9.29. The van der Waals surface area contributed by atoms with Gasteiger partial charge in [0.05, 0.1) is 0 Å². The normalized spacial score (nSPS) is 18.5. The lowest BCUT2D eigenvalue weighted by Crippen LogP contribution is -2.05. The molecule has 0 unspecified atom stereocenters. The highest BCUT2D eigenvalue weighted by Crippen LogP contribution is 2.43. The highest BCUT2D eigenvalue weighted by atomic mass is 19.1. The van der Waals surface area contributed by atoms with Crippen LogP contribution in [0.15, 0.2) is 42.7 Å². The van der Waals surface area contributed by atoms with Gasteiger partial charge in [0.25, 0.3) is 0 Å². The van der Waals surface area contributed by atoms with Crippen molar-refractivity contribution in [2.75, 3.05) is 11.1 Å². The number of rotatable bonds is 6. The largest absolute Gasteiger partial charge is 0.368 e. The van der Waals surface area contributed by atoms with Gasteiger partial charge in [0.15, 0.2) is 5.82 Å². The Morgan fingerprint density at radius 3 is 2.96 bits per heavy atom. The molecule has 3 heterocycles. The van der Waals surface area contributed by atoms with Crippen molar-refractivity contribution in [1.29, 1.82) is 0 Å². The van der Waals surface area contributed by atoms with E-state index >= 15 is 0 Å². The molecule has 4 aromatic rings. The fourth-order valence-electron chi connectivity index (χ4n) is 3.45. The number of aromatic amines is 2. The third kappa shape index (κ3) is 3.28. The molecule has 7 nitrogen and oxygen atoms in total. The molecule has 0 radical (unpaired) electrons. The summed E-state index contributed by atoms with van der Waals surface area (Å²) in [6.07, 6.45) is 5.07. The average molecular weight is 377 g/mol. The van der Waals surface area contributed by atoms with Gasteiger partial charge in [-0.2, -0.15) is 10.1 Å². The third-order valence-corrected chi connectivity index (χ3v) is 5.14. The number of hydrogen-bond acceptors (Lipinski definition) is 5. The first kappa shape index (κ1) is 16.7. The van der Waals surface area contributed by atoms with Crippen LogP contribution in [0.2, 0.25) is 0 Å². The van der Waals surface area contributed by atoms with Crippen molar-refractivity contribution in [2.45, 2.75) is 31.4 Å². The maximum absolute atomic E-state index is 13.2. The summed E-state index contributed by atoms with van der Waals surface area (Å²) in [7, 11) is 0. The zero-order chi connectivity index (χ0) is 19.1. The maximum atomic E-state index is 13.2. The van der Waals surface area contributed by atoms with Crippen LogP contribution in [0.5, 0.6) is 0 Å². The van der Waals surface area contributed by atoms with Crippen molar-refractivity contribution in [3.8, 4) is 0 Å². The van der Waals surface area contributed by atoms with Gasteiger partial charge in [-0.05, 0) is 48.4 Å². The van der Waals surface area contributed by atoms with E-state index in [1.165, 1.54) is 10.9 Å². The molecule has 2 atom stereocenters. The number of aromatic nitrogens is 5. The number of nitrogen functional groups attached to an aromatic ring is 1. The van der Waals surface area contributed by atoms with Crippen LogP contribution < -0.4 is 11.1 Å². The predicted molar refractivity (Wildman–Crippen MR) is 106 cm³/mol. The fourth-order valence-corrected chi connectivity index (χ4v) is 3.45. The van der Waals surface area contributed by atoms with Crippen LogP contribution >= 0.6 is 0 Å². The minimum Gasteiger partial charge on any atom is -0.368 e. The molecule has 1 fully saturated rings. The maximum Gasteiger partial charge on any atom is 0.221 e. The van der Waals surface area contributed by atoms with Gasteiger partial charge in [-0.15, -0.1) is 0 Å². The van der Waals surface area contributed by atoms with E-state index in [4.69, 9.17) is 5.73 Å². The van der Waals surface area contributed by atoms with E-state index < -0.39 is 6.17 Å². The summed E-state index contributed by atoms with van der Waals surface area (Å²) in [6, 6.07) is 10.3. The second kappa shape index (κ2) is 6.63. The van der Waals surface area contributed by atoms with E-state index in [9.17, 15) is 4.39 Å². The number of nitrogens with two attached hydrogens (primary N) is 1. The van der Waals surface area contributed by atoms with E-state index in [0.29, 0.717) is 18.1 Å². The molecule has 28 heavy (non-hydrogen) atoms. The van der Waals surface area contributed by atoms with Crippen molar-refractivity contribution in [3.05, 3.63) is 59.5 Å². The van der Waals surface area contributed by atoms with Crippen LogP contribution in [-0.4, -0.2) is 31.3 Å². The number of nitrogens with zero attached hydrogens (tertiary/aromatic N) is 3. The number of benzene rings is 1. The number of fused-ring (bicyclic) bond motifs is 1. The Labute approximate surface area is 160 Å². The van der Waals surface area contributed by atoms with Crippen molar-refractivity contribution in [3.63, 3.8) is 0 Å². The van der Waals surface area contributed by atoms with Crippen LogP contribution in [0.25, 0.3) is 10.9 Å². The van der Waals surface area contributed by atoms with Crippen LogP contribution in [0.3, 0.4) is 0 Å². The lowest BCUT2D eigenvalue weighted by atomic mass is 10.0. The standard InChI is InChI=1S/C20H20FN7/c21-15-8-14(15)17-9-18(28-27-17)25-19-13(10-24-20(22)26-19)3-1-11-2-4-16-12(7-11)5-6-23-16/h2,4-7,9-10,14-15,23H,1,3,8H2,(H4,22,24,25,26,27,28)/t14-,15+/m1/s1. The van der Waals surface area contributed by atoms with Crippen LogP contribution in [0.4, 0.5) is 22.0 Å². The molecule has 1 aromatic carbocycles. The van der Waals surface area contributed by atoms with E-state index in [-0.39, 0.29) is 11.9 Å². The molecule has 8 heteroatoms. The van der Waals surface area contributed by atoms with Gasteiger partial charge in [-0.3, -0.25) is 5.10 Å². The lowest BCUT2D eigenvalue weighted by molar-refractivity contribution is 0.466. The molecule has 0 bridgehead atoms. The molecule has 0 amide bonds. The number of anilines is 3. The number of H-pyrrole nitrogens is 2. The van der Waals surface area contributed by atoms with Crippen LogP contribution in [-0.2, 0) is 12.8 Å². The highest BCUT2D eigenvalue weighted by Gasteiger charge is 2.40. The van der Waals surface area contributed by atoms with Gasteiger partial charge in [0.2, 0.25) is 5.95 Å². The Bertz CT molecular complexity index is 1130. The smallest absolute Gasteiger partial charge is 0.221 e. The number of alkyl halides is 1. The molecular weight excluding hydrogens is 357 g/mol. The summed E-state index contributed by atoms with van der Waals surface area (Å²) in [6.45, 7) is 0. The first-order chi connectivity index (χ1) is 13.7. The molecule has 0 saturated heterocycles. The van der Waals surface area contributed by atoms with Crippen molar-refractivity contribution in [2.24, 2.45) is 0 Å². The van der Waals surface area contributed by atoms with Gasteiger partial charge in [0, 0.05) is 41.2 Å². The molecule has 5 rings (SSSR count). The summed E-state index contributed by atoms with van der Waals surface area (Å²) in [5.41, 5.74) is 9.89. The Balaban J connectivity index is 1.33. The van der Waals surface area contributed by atoms with Gasteiger partial charge in [-0.25, -0.2) is 9.37 Å².